The number of anilines is 1. The fraction of sp³-hybridized carbons (Fsp3) is 0.0667. The largest absolute Gasteiger partial charge is 0.490 e. The standard InChI is InChI=1S/C30H22Cl3N3O5/c1-2-40-27-15-18(3-14-26(27)41-30(39)24-13-10-22(32)16-25(24)33)17-34-36-29(38)20-6-11-23(12-7-20)35-28(37)19-4-8-21(31)9-5-19/h3-17H,2H2,1H3,(H,35,37)(H,36,38)/b34-17-. The highest BCUT2D eigenvalue weighted by Crippen LogP contribution is 2.30. The molecule has 4 aromatic carbocycles. The molecule has 0 aliphatic carbocycles. The maximum Gasteiger partial charge on any atom is 0.345 e. The van der Waals surface area contributed by atoms with E-state index in [0.717, 1.165) is 0 Å². The molecular weight excluding hydrogens is 589 g/mol. The zero-order valence-electron chi connectivity index (χ0n) is 21.5. The van der Waals surface area contributed by atoms with Gasteiger partial charge in [-0.1, -0.05) is 34.8 Å². The number of nitrogens with zero attached hydrogens (tertiary/aromatic N) is 1. The van der Waals surface area contributed by atoms with Gasteiger partial charge < -0.3 is 14.8 Å². The summed E-state index contributed by atoms with van der Waals surface area (Å²) in [5, 5.41) is 7.85. The maximum atomic E-state index is 12.6. The van der Waals surface area contributed by atoms with Crippen molar-refractivity contribution in [2.45, 2.75) is 6.92 Å². The number of nitrogens with one attached hydrogen (secondary N) is 2. The van der Waals surface area contributed by atoms with Crippen LogP contribution in [0.4, 0.5) is 5.69 Å². The van der Waals surface area contributed by atoms with Gasteiger partial charge in [-0.15, -0.1) is 0 Å². The third-order valence-corrected chi connectivity index (χ3v) is 6.31. The Bertz CT molecular complexity index is 1610. The molecule has 0 unspecified atom stereocenters. The first-order chi connectivity index (χ1) is 19.7. The molecule has 0 fully saturated rings. The van der Waals surface area contributed by atoms with E-state index < -0.39 is 11.9 Å². The predicted molar refractivity (Wildman–Crippen MR) is 160 cm³/mol. The molecule has 4 aromatic rings. The highest BCUT2D eigenvalue weighted by molar-refractivity contribution is 6.36. The third kappa shape index (κ3) is 8.08. The lowest BCUT2D eigenvalue weighted by molar-refractivity contribution is 0.0728. The Labute approximate surface area is 250 Å². The van der Waals surface area contributed by atoms with Gasteiger partial charge in [0.2, 0.25) is 0 Å². The summed E-state index contributed by atoms with van der Waals surface area (Å²) in [5.74, 6) is -0.932. The summed E-state index contributed by atoms with van der Waals surface area (Å²) in [6, 6.07) is 22.1. The molecule has 41 heavy (non-hydrogen) atoms. The zero-order chi connectivity index (χ0) is 29.4. The van der Waals surface area contributed by atoms with E-state index in [4.69, 9.17) is 44.3 Å². The van der Waals surface area contributed by atoms with Crippen LogP contribution in [0.1, 0.15) is 43.6 Å². The number of benzene rings is 4. The van der Waals surface area contributed by atoms with Crippen LogP contribution in [0.15, 0.2) is 90.0 Å². The van der Waals surface area contributed by atoms with Gasteiger partial charge >= 0.3 is 5.97 Å². The van der Waals surface area contributed by atoms with Gasteiger partial charge in [0.1, 0.15) is 0 Å². The molecular formula is C30H22Cl3N3O5. The molecule has 0 atom stereocenters. The minimum Gasteiger partial charge on any atom is -0.490 e. The van der Waals surface area contributed by atoms with Gasteiger partial charge in [-0.25, -0.2) is 10.2 Å². The molecule has 0 spiro atoms. The number of rotatable bonds is 9. The van der Waals surface area contributed by atoms with Crippen LogP contribution in [-0.2, 0) is 0 Å². The average Bonchev–Trinajstić information content (AvgIpc) is 2.95. The van der Waals surface area contributed by atoms with E-state index in [9.17, 15) is 14.4 Å². The SMILES string of the molecule is CCOc1cc(/C=N\NC(=O)c2ccc(NC(=O)c3ccc(Cl)cc3)cc2)ccc1OC(=O)c1ccc(Cl)cc1Cl. The van der Waals surface area contributed by atoms with Gasteiger partial charge in [0.25, 0.3) is 11.8 Å². The first-order valence-electron chi connectivity index (χ1n) is 12.2. The average molecular weight is 611 g/mol. The number of hydrazone groups is 1. The van der Waals surface area contributed by atoms with Gasteiger partial charge in [-0.2, -0.15) is 5.10 Å². The minimum atomic E-state index is -0.670. The van der Waals surface area contributed by atoms with E-state index in [0.29, 0.717) is 44.8 Å². The second-order valence-corrected chi connectivity index (χ2v) is 9.67. The van der Waals surface area contributed by atoms with Crippen molar-refractivity contribution in [3.8, 4) is 11.5 Å². The molecule has 0 aromatic heterocycles. The van der Waals surface area contributed by atoms with Crippen LogP contribution in [0.2, 0.25) is 15.1 Å². The summed E-state index contributed by atoms with van der Waals surface area (Å²) in [6.45, 7) is 2.11. The topological polar surface area (TPSA) is 106 Å². The molecule has 0 aliphatic heterocycles. The van der Waals surface area contributed by atoms with Crippen molar-refractivity contribution in [3.05, 3.63) is 122 Å². The van der Waals surface area contributed by atoms with E-state index in [-0.39, 0.29) is 22.2 Å². The monoisotopic (exact) mass is 609 g/mol. The van der Waals surface area contributed by atoms with Crippen molar-refractivity contribution in [2.24, 2.45) is 5.10 Å². The van der Waals surface area contributed by atoms with E-state index in [2.05, 4.69) is 15.8 Å². The Morgan fingerprint density at radius 2 is 1.44 bits per heavy atom. The van der Waals surface area contributed by atoms with Crippen molar-refractivity contribution in [1.29, 1.82) is 0 Å². The Morgan fingerprint density at radius 3 is 2.12 bits per heavy atom. The van der Waals surface area contributed by atoms with E-state index in [1.807, 2.05) is 0 Å². The molecule has 2 N–H and O–H groups in total. The summed E-state index contributed by atoms with van der Waals surface area (Å²) in [6.07, 6.45) is 1.42. The Hall–Kier alpha value is -4.37. The number of carbonyl (C=O) groups excluding carboxylic acids is 3. The number of carbonyl (C=O) groups is 3. The van der Waals surface area contributed by atoms with Gasteiger partial charge in [-0.05, 0) is 97.4 Å². The number of amides is 2. The van der Waals surface area contributed by atoms with Gasteiger partial charge in [0, 0.05) is 26.9 Å². The van der Waals surface area contributed by atoms with Crippen LogP contribution in [0.3, 0.4) is 0 Å². The quantitative estimate of drug-likeness (QED) is 0.0897. The smallest absolute Gasteiger partial charge is 0.345 e. The van der Waals surface area contributed by atoms with Crippen molar-refractivity contribution in [1.82, 2.24) is 5.43 Å². The molecule has 0 saturated heterocycles. The minimum absolute atomic E-state index is 0.156. The van der Waals surface area contributed by atoms with Crippen molar-refractivity contribution in [3.63, 3.8) is 0 Å². The van der Waals surface area contributed by atoms with Gasteiger partial charge in [0.05, 0.1) is 23.4 Å². The molecule has 2 amide bonds. The predicted octanol–water partition coefficient (Wildman–Crippen LogP) is 7.28. The highest BCUT2D eigenvalue weighted by atomic mass is 35.5. The van der Waals surface area contributed by atoms with Crippen LogP contribution in [0.5, 0.6) is 11.5 Å². The van der Waals surface area contributed by atoms with Crippen molar-refractivity contribution < 1.29 is 23.9 Å². The van der Waals surface area contributed by atoms with Crippen molar-refractivity contribution in [2.75, 3.05) is 11.9 Å². The lowest BCUT2D eigenvalue weighted by Gasteiger charge is -2.12. The summed E-state index contributed by atoms with van der Waals surface area (Å²) in [7, 11) is 0. The number of hydrogen-bond acceptors (Lipinski definition) is 6. The van der Waals surface area contributed by atoms with E-state index in [1.165, 1.54) is 24.4 Å². The molecule has 8 nitrogen and oxygen atoms in total. The highest BCUT2D eigenvalue weighted by Gasteiger charge is 2.16. The molecule has 11 heteroatoms. The lowest BCUT2D eigenvalue weighted by atomic mass is 10.1. The second-order valence-electron chi connectivity index (χ2n) is 8.39. The Morgan fingerprint density at radius 1 is 0.780 bits per heavy atom. The lowest BCUT2D eigenvalue weighted by Crippen LogP contribution is -2.18. The fourth-order valence-corrected chi connectivity index (χ4v) is 4.12. The molecule has 0 saturated carbocycles. The molecule has 0 aliphatic rings. The second kappa shape index (κ2) is 13.8. The third-order valence-electron chi connectivity index (χ3n) is 5.51. The molecule has 0 bridgehead atoms. The van der Waals surface area contributed by atoms with E-state index >= 15 is 0 Å². The first-order valence-corrected chi connectivity index (χ1v) is 13.3. The van der Waals surface area contributed by atoms with Crippen LogP contribution < -0.4 is 20.2 Å². The number of ether oxygens (including phenoxy) is 2. The Balaban J connectivity index is 1.36. The number of hydrogen-bond donors (Lipinski definition) is 2. The van der Waals surface area contributed by atoms with Crippen LogP contribution in [0.25, 0.3) is 0 Å². The fourth-order valence-electron chi connectivity index (χ4n) is 3.51. The summed E-state index contributed by atoms with van der Waals surface area (Å²) < 4.78 is 11.1. The molecule has 0 heterocycles. The van der Waals surface area contributed by atoms with Crippen LogP contribution in [0, 0.1) is 0 Å². The summed E-state index contributed by atoms with van der Waals surface area (Å²) in [4.78, 5) is 37.5. The number of halogens is 3. The first kappa shape index (κ1) is 29.6. The summed E-state index contributed by atoms with van der Waals surface area (Å²) >= 11 is 17.9. The van der Waals surface area contributed by atoms with E-state index in [1.54, 1.807) is 73.7 Å². The number of esters is 1. The molecule has 208 valence electrons. The van der Waals surface area contributed by atoms with Crippen LogP contribution in [-0.4, -0.2) is 30.6 Å². The summed E-state index contributed by atoms with van der Waals surface area (Å²) in [5.41, 5.74) is 4.50. The van der Waals surface area contributed by atoms with Crippen molar-refractivity contribution >= 4 is 64.5 Å². The van der Waals surface area contributed by atoms with Gasteiger partial charge in [-0.3, -0.25) is 9.59 Å². The zero-order valence-corrected chi connectivity index (χ0v) is 23.8. The maximum absolute atomic E-state index is 12.6. The molecule has 0 radical (unpaired) electrons. The Kier molecular flexibility index (Phi) is 9.97. The normalized spacial score (nSPS) is 10.7. The van der Waals surface area contributed by atoms with Crippen LogP contribution >= 0.6 is 34.8 Å². The molecule has 4 rings (SSSR count). The van der Waals surface area contributed by atoms with Gasteiger partial charge in [0.15, 0.2) is 11.5 Å².